The number of para-hydroxylation sites is 1. The van der Waals surface area contributed by atoms with Crippen molar-refractivity contribution in [2.45, 2.75) is 32.7 Å². The molecule has 1 aliphatic rings. The standard InChI is InChI=1S/C19H27N7O/c1-3-20-19(22-13-17-23-14-24-25(17)2)21-11-6-9-18(27)26-12-10-15-7-4-5-8-16(15)26/h4-5,7-8,14H,3,6,9-13H2,1-2H3,(H2,20,21,22). The second kappa shape index (κ2) is 9.16. The van der Waals surface area contributed by atoms with Gasteiger partial charge in [-0.25, -0.2) is 9.98 Å². The van der Waals surface area contributed by atoms with E-state index in [0.29, 0.717) is 19.5 Å². The van der Waals surface area contributed by atoms with E-state index < -0.39 is 0 Å². The van der Waals surface area contributed by atoms with Crippen LogP contribution in [-0.2, 0) is 24.8 Å². The fraction of sp³-hybridized carbons (Fsp3) is 0.474. The average molecular weight is 369 g/mol. The summed E-state index contributed by atoms with van der Waals surface area (Å²) in [5.74, 6) is 1.71. The highest BCUT2D eigenvalue weighted by molar-refractivity contribution is 5.95. The summed E-state index contributed by atoms with van der Waals surface area (Å²) in [5.41, 5.74) is 2.32. The van der Waals surface area contributed by atoms with Gasteiger partial charge < -0.3 is 15.5 Å². The molecule has 0 bridgehead atoms. The summed E-state index contributed by atoms with van der Waals surface area (Å²) in [4.78, 5) is 23.1. The van der Waals surface area contributed by atoms with Gasteiger partial charge in [0.15, 0.2) is 5.96 Å². The monoisotopic (exact) mass is 369 g/mol. The van der Waals surface area contributed by atoms with E-state index in [9.17, 15) is 4.79 Å². The first kappa shape index (κ1) is 18.9. The van der Waals surface area contributed by atoms with E-state index in [0.717, 1.165) is 43.4 Å². The molecule has 1 aliphatic heterocycles. The van der Waals surface area contributed by atoms with Gasteiger partial charge in [-0.3, -0.25) is 9.48 Å². The zero-order valence-corrected chi connectivity index (χ0v) is 16.0. The van der Waals surface area contributed by atoms with Gasteiger partial charge in [0.25, 0.3) is 0 Å². The molecular formula is C19H27N7O. The number of carbonyl (C=O) groups is 1. The number of anilines is 1. The molecule has 0 saturated carbocycles. The topological polar surface area (TPSA) is 87.4 Å². The Kier molecular flexibility index (Phi) is 6.40. The van der Waals surface area contributed by atoms with Crippen LogP contribution in [0.2, 0.25) is 0 Å². The lowest BCUT2D eigenvalue weighted by Gasteiger charge is -2.17. The summed E-state index contributed by atoms with van der Waals surface area (Å²) in [6.07, 6.45) is 3.74. The van der Waals surface area contributed by atoms with Crippen LogP contribution >= 0.6 is 0 Å². The molecule has 0 spiro atoms. The number of aliphatic imine (C=N–C) groups is 1. The molecule has 144 valence electrons. The smallest absolute Gasteiger partial charge is 0.227 e. The number of rotatable bonds is 7. The first-order valence-corrected chi connectivity index (χ1v) is 9.42. The molecule has 8 heteroatoms. The number of hydrogen-bond acceptors (Lipinski definition) is 4. The molecule has 2 N–H and O–H groups in total. The van der Waals surface area contributed by atoms with Crippen LogP contribution < -0.4 is 15.5 Å². The molecule has 0 atom stereocenters. The molecule has 1 aromatic carbocycles. The van der Waals surface area contributed by atoms with Crippen LogP contribution in [0.1, 0.15) is 31.2 Å². The number of fused-ring (bicyclic) bond motifs is 1. The lowest BCUT2D eigenvalue weighted by Crippen LogP contribution is -2.38. The van der Waals surface area contributed by atoms with Crippen molar-refractivity contribution in [1.82, 2.24) is 25.4 Å². The fourth-order valence-corrected chi connectivity index (χ4v) is 3.13. The van der Waals surface area contributed by atoms with Gasteiger partial charge in [-0.15, -0.1) is 0 Å². The second-order valence-electron chi connectivity index (χ2n) is 6.45. The van der Waals surface area contributed by atoms with Crippen molar-refractivity contribution in [2.75, 3.05) is 24.5 Å². The summed E-state index contributed by atoms with van der Waals surface area (Å²) in [6, 6.07) is 8.14. The number of amides is 1. The molecule has 8 nitrogen and oxygen atoms in total. The minimum Gasteiger partial charge on any atom is -0.357 e. The Morgan fingerprint density at radius 1 is 1.30 bits per heavy atom. The van der Waals surface area contributed by atoms with Crippen molar-refractivity contribution in [3.05, 3.63) is 42.0 Å². The van der Waals surface area contributed by atoms with Crippen LogP contribution in [-0.4, -0.2) is 46.3 Å². The molecule has 0 saturated heterocycles. The van der Waals surface area contributed by atoms with E-state index in [1.165, 1.54) is 11.9 Å². The highest BCUT2D eigenvalue weighted by atomic mass is 16.2. The zero-order valence-electron chi connectivity index (χ0n) is 16.0. The zero-order chi connectivity index (χ0) is 19.1. The van der Waals surface area contributed by atoms with Crippen molar-refractivity contribution in [2.24, 2.45) is 12.0 Å². The van der Waals surface area contributed by atoms with Crippen molar-refractivity contribution in [1.29, 1.82) is 0 Å². The Morgan fingerprint density at radius 2 is 2.15 bits per heavy atom. The number of aryl methyl sites for hydroxylation is 1. The van der Waals surface area contributed by atoms with Gasteiger partial charge in [-0.2, -0.15) is 5.10 Å². The van der Waals surface area contributed by atoms with E-state index in [4.69, 9.17) is 0 Å². The van der Waals surface area contributed by atoms with Gasteiger partial charge in [0.2, 0.25) is 5.91 Å². The third kappa shape index (κ3) is 4.84. The number of guanidine groups is 1. The van der Waals surface area contributed by atoms with Gasteiger partial charge in [-0.1, -0.05) is 18.2 Å². The second-order valence-corrected chi connectivity index (χ2v) is 6.45. The van der Waals surface area contributed by atoms with E-state index in [-0.39, 0.29) is 5.91 Å². The molecule has 0 unspecified atom stereocenters. The number of aromatic nitrogens is 3. The summed E-state index contributed by atoms with van der Waals surface area (Å²) in [7, 11) is 1.85. The lowest BCUT2D eigenvalue weighted by molar-refractivity contribution is -0.118. The molecule has 2 aromatic rings. The summed E-state index contributed by atoms with van der Waals surface area (Å²) in [6.45, 7) is 4.72. The molecule has 27 heavy (non-hydrogen) atoms. The van der Waals surface area contributed by atoms with Gasteiger partial charge in [0.1, 0.15) is 18.7 Å². The van der Waals surface area contributed by atoms with Crippen LogP contribution in [0.25, 0.3) is 0 Å². The van der Waals surface area contributed by atoms with E-state index >= 15 is 0 Å². The first-order valence-electron chi connectivity index (χ1n) is 9.42. The highest BCUT2D eigenvalue weighted by Crippen LogP contribution is 2.27. The van der Waals surface area contributed by atoms with Crippen LogP contribution in [0.5, 0.6) is 0 Å². The summed E-state index contributed by atoms with van der Waals surface area (Å²) in [5, 5.41) is 10.5. The third-order valence-corrected chi connectivity index (χ3v) is 4.58. The Labute approximate surface area is 159 Å². The molecule has 0 fully saturated rings. The maximum Gasteiger partial charge on any atom is 0.227 e. The predicted octanol–water partition coefficient (Wildman–Crippen LogP) is 1.24. The molecule has 2 heterocycles. The highest BCUT2D eigenvalue weighted by Gasteiger charge is 2.23. The van der Waals surface area contributed by atoms with Crippen molar-refractivity contribution < 1.29 is 4.79 Å². The number of nitrogens with one attached hydrogen (secondary N) is 2. The Morgan fingerprint density at radius 3 is 2.93 bits per heavy atom. The summed E-state index contributed by atoms with van der Waals surface area (Å²) >= 11 is 0. The fourth-order valence-electron chi connectivity index (χ4n) is 3.13. The van der Waals surface area contributed by atoms with Crippen LogP contribution in [0.15, 0.2) is 35.6 Å². The van der Waals surface area contributed by atoms with E-state index in [1.54, 1.807) is 4.68 Å². The maximum absolute atomic E-state index is 12.5. The average Bonchev–Trinajstić information content (AvgIpc) is 3.29. The molecule has 1 aromatic heterocycles. The quantitative estimate of drug-likeness (QED) is 0.436. The minimum atomic E-state index is 0.183. The molecular weight excluding hydrogens is 342 g/mol. The number of carbonyl (C=O) groups excluding carboxylic acids is 1. The van der Waals surface area contributed by atoms with Crippen LogP contribution in [0, 0.1) is 0 Å². The Hall–Kier alpha value is -2.90. The minimum absolute atomic E-state index is 0.183. The molecule has 1 amide bonds. The van der Waals surface area contributed by atoms with Crippen molar-refractivity contribution >= 4 is 17.6 Å². The SMILES string of the molecule is CCNC(=NCc1ncnn1C)NCCCC(=O)N1CCc2ccccc21. The van der Waals surface area contributed by atoms with Crippen molar-refractivity contribution in [3.8, 4) is 0 Å². The number of nitrogens with zero attached hydrogens (tertiary/aromatic N) is 5. The first-order chi connectivity index (χ1) is 13.2. The molecule has 3 rings (SSSR count). The van der Waals surface area contributed by atoms with Gasteiger partial charge in [0.05, 0.1) is 0 Å². The van der Waals surface area contributed by atoms with Gasteiger partial charge in [0, 0.05) is 38.8 Å². The largest absolute Gasteiger partial charge is 0.357 e. The number of hydrogen-bond donors (Lipinski definition) is 2. The molecule has 0 aliphatic carbocycles. The lowest BCUT2D eigenvalue weighted by atomic mass is 10.2. The van der Waals surface area contributed by atoms with Crippen molar-refractivity contribution in [3.63, 3.8) is 0 Å². The Bertz CT molecular complexity index is 799. The van der Waals surface area contributed by atoms with Gasteiger partial charge in [-0.05, 0) is 31.4 Å². The van der Waals surface area contributed by atoms with Crippen LogP contribution in [0.4, 0.5) is 5.69 Å². The van der Waals surface area contributed by atoms with Gasteiger partial charge >= 0.3 is 0 Å². The van der Waals surface area contributed by atoms with Crippen LogP contribution in [0.3, 0.4) is 0 Å². The predicted molar refractivity (Wildman–Crippen MR) is 106 cm³/mol. The maximum atomic E-state index is 12.5. The Balaban J connectivity index is 1.45. The van der Waals surface area contributed by atoms with E-state index in [2.05, 4.69) is 31.8 Å². The third-order valence-electron chi connectivity index (χ3n) is 4.58. The summed E-state index contributed by atoms with van der Waals surface area (Å²) < 4.78 is 1.71. The van der Waals surface area contributed by atoms with E-state index in [1.807, 2.05) is 37.1 Å². The molecule has 0 radical (unpaired) electrons. The normalized spacial score (nSPS) is 13.6. The number of benzene rings is 1.